The summed E-state index contributed by atoms with van der Waals surface area (Å²) < 4.78 is 0. The molecule has 0 aliphatic rings. The second-order valence-electron chi connectivity index (χ2n) is 0. The van der Waals surface area contributed by atoms with Gasteiger partial charge in [0.25, 0.3) is 0 Å². The summed E-state index contributed by atoms with van der Waals surface area (Å²) in [4.78, 5) is 0. The molecule has 0 spiro atoms. The third kappa shape index (κ3) is 50.2. The number of hydrogen-bond acceptors (Lipinski definition) is 0. The first-order valence-electron chi connectivity index (χ1n) is 0. The quantitative estimate of drug-likeness (QED) is 0.353. The van der Waals surface area contributed by atoms with Crippen LogP contribution in [0.1, 0.15) is 0 Å². The second-order valence-corrected chi connectivity index (χ2v) is 0. The van der Waals surface area contributed by atoms with Crippen LogP contribution in [0.3, 0.4) is 0 Å². The molecular weight excluding hydrogens is 1200 g/mol. The molecule has 0 heterocycles. The zero-order chi connectivity index (χ0) is 0. The SMILES string of the molecule is [NH2-].[NH2-].[Pt].[Pt].[Pt].[Pt].[Pt].[Pt]. The molecule has 0 atom stereocenters. The molecule has 0 aromatic rings. The maximum atomic E-state index is 0. The molecule has 2 nitrogen and oxygen atoms in total. The summed E-state index contributed by atoms with van der Waals surface area (Å²) in [5, 5.41) is 0. The van der Waals surface area contributed by atoms with E-state index in [2.05, 4.69) is 0 Å². The van der Waals surface area contributed by atoms with Gasteiger partial charge in [-0.15, -0.1) is 0 Å². The summed E-state index contributed by atoms with van der Waals surface area (Å²) in [6.45, 7) is 0. The van der Waals surface area contributed by atoms with Crippen LogP contribution in [0.15, 0.2) is 0 Å². The van der Waals surface area contributed by atoms with Crippen molar-refractivity contribution in [3.8, 4) is 0 Å². The molecule has 0 saturated heterocycles. The van der Waals surface area contributed by atoms with Gasteiger partial charge in [-0.1, -0.05) is 0 Å². The van der Waals surface area contributed by atoms with Crippen LogP contribution in [0.25, 0.3) is 12.3 Å². The van der Waals surface area contributed by atoms with Crippen LogP contribution in [0.2, 0.25) is 0 Å². The molecule has 0 unspecified atom stereocenters. The molecule has 0 amide bonds. The van der Waals surface area contributed by atoms with Gasteiger partial charge in [0.15, 0.2) is 0 Å². The van der Waals surface area contributed by atoms with Crippen LogP contribution in [0.4, 0.5) is 0 Å². The summed E-state index contributed by atoms with van der Waals surface area (Å²) in [5.41, 5.74) is 0. The number of nitrogens with two attached hydrogens (primary N) is 2. The molecule has 0 aromatic carbocycles. The molecule has 0 saturated carbocycles. The van der Waals surface area contributed by atoms with Gasteiger partial charge in [0.05, 0.1) is 0 Å². The molecule has 0 fully saturated rings. The fourth-order valence-corrected chi connectivity index (χ4v) is 0. The van der Waals surface area contributed by atoms with Crippen molar-refractivity contribution in [2.24, 2.45) is 0 Å². The molecule has 4 N–H and O–H groups in total. The minimum absolute atomic E-state index is 0. The summed E-state index contributed by atoms with van der Waals surface area (Å²) >= 11 is 0. The van der Waals surface area contributed by atoms with Crippen LogP contribution < -0.4 is 0 Å². The molecule has 8 heteroatoms. The first-order valence-corrected chi connectivity index (χ1v) is 0. The Labute approximate surface area is 136 Å². The van der Waals surface area contributed by atoms with E-state index >= 15 is 0 Å². The van der Waals surface area contributed by atoms with Crippen molar-refractivity contribution in [2.75, 3.05) is 0 Å². The van der Waals surface area contributed by atoms with E-state index in [9.17, 15) is 0 Å². The standard InChI is InChI=1S/2H2N.6Pt/h2*1H2;;;;;;/q2*-1;;;;;;. The minimum atomic E-state index is 0. The second kappa shape index (κ2) is 68.0. The molecule has 8 heavy (non-hydrogen) atoms. The van der Waals surface area contributed by atoms with Gasteiger partial charge >= 0.3 is 0 Å². The van der Waals surface area contributed by atoms with Crippen LogP contribution in [0, 0.1) is 0 Å². The van der Waals surface area contributed by atoms with Crippen molar-refractivity contribution in [1.82, 2.24) is 0 Å². The Hall–Kier alpha value is 4.05. The van der Waals surface area contributed by atoms with Crippen molar-refractivity contribution in [3.05, 3.63) is 12.3 Å². The first kappa shape index (κ1) is 89.7. The molecule has 0 bridgehead atoms. The van der Waals surface area contributed by atoms with Gasteiger partial charge < -0.3 is 12.3 Å². The molecule has 76 valence electrons. The van der Waals surface area contributed by atoms with E-state index in [4.69, 9.17) is 0 Å². The fraction of sp³-hybridized carbons (Fsp3) is 0. The zero-order valence-corrected chi connectivity index (χ0v) is 16.7. The largest absolute Gasteiger partial charge is 0.693 e. The zero-order valence-electron chi connectivity index (χ0n) is 3.05. The number of rotatable bonds is 0. The van der Waals surface area contributed by atoms with E-state index in [1.165, 1.54) is 0 Å². The Kier molecular flexibility index (Phi) is 763. The summed E-state index contributed by atoms with van der Waals surface area (Å²) in [6, 6.07) is 0. The fourth-order valence-electron chi connectivity index (χ4n) is 0. The van der Waals surface area contributed by atoms with E-state index in [0.717, 1.165) is 0 Å². The third-order valence-corrected chi connectivity index (χ3v) is 0. The van der Waals surface area contributed by atoms with Crippen molar-refractivity contribution >= 4 is 0 Å². The van der Waals surface area contributed by atoms with Crippen LogP contribution in [-0.2, 0) is 126 Å². The Bertz CT molecular complexity index is 6.49. The van der Waals surface area contributed by atoms with Crippen LogP contribution >= 0.6 is 0 Å². The Morgan fingerprint density at radius 1 is 0.250 bits per heavy atom. The maximum Gasteiger partial charge on any atom is 0 e. The normalized spacial score (nSPS) is 0. The molecule has 0 rings (SSSR count). The average Bonchev–Trinajstić information content (AvgIpc) is 0. The average molecular weight is 1200 g/mol. The van der Waals surface area contributed by atoms with Gasteiger partial charge in [-0.2, -0.15) is 0 Å². The van der Waals surface area contributed by atoms with Crippen LogP contribution in [-0.4, -0.2) is 0 Å². The van der Waals surface area contributed by atoms with Gasteiger partial charge in [-0.25, -0.2) is 0 Å². The minimum Gasteiger partial charge on any atom is -0.693 e. The van der Waals surface area contributed by atoms with Gasteiger partial charge in [0.1, 0.15) is 0 Å². The molecule has 0 radical (unpaired) electrons. The van der Waals surface area contributed by atoms with Gasteiger partial charge in [0, 0.05) is 126 Å². The molecule has 0 aliphatic heterocycles. The van der Waals surface area contributed by atoms with Crippen LogP contribution in [0.5, 0.6) is 0 Å². The van der Waals surface area contributed by atoms with E-state index in [-0.39, 0.29) is 139 Å². The van der Waals surface area contributed by atoms with Gasteiger partial charge in [-0.3, -0.25) is 0 Å². The molecule has 0 aliphatic carbocycles. The monoisotopic (exact) mass is 1200 g/mol. The topological polar surface area (TPSA) is 67.0 Å². The summed E-state index contributed by atoms with van der Waals surface area (Å²) in [7, 11) is 0. The van der Waals surface area contributed by atoms with Crippen molar-refractivity contribution in [3.63, 3.8) is 0 Å². The van der Waals surface area contributed by atoms with Crippen molar-refractivity contribution in [1.29, 1.82) is 0 Å². The smallest absolute Gasteiger partial charge is 0 e. The van der Waals surface area contributed by atoms with E-state index in [0.29, 0.717) is 0 Å². The predicted octanol–water partition coefficient (Wildman–Crippen LogP) is 1.42. The Balaban J connectivity index is 0. The van der Waals surface area contributed by atoms with Crippen molar-refractivity contribution < 1.29 is 126 Å². The Morgan fingerprint density at radius 2 is 0.250 bits per heavy atom. The predicted molar refractivity (Wildman–Crippen MR) is 10.6 cm³/mol. The third-order valence-electron chi connectivity index (χ3n) is 0. The van der Waals surface area contributed by atoms with E-state index in [1.54, 1.807) is 0 Å². The first-order chi connectivity index (χ1) is 0. The number of hydrogen-bond donors (Lipinski definition) is 0. The van der Waals surface area contributed by atoms with Gasteiger partial charge in [0.2, 0.25) is 0 Å². The maximum absolute atomic E-state index is 0. The van der Waals surface area contributed by atoms with E-state index < -0.39 is 0 Å². The van der Waals surface area contributed by atoms with Crippen molar-refractivity contribution in [2.45, 2.75) is 0 Å². The summed E-state index contributed by atoms with van der Waals surface area (Å²) in [5.74, 6) is 0. The van der Waals surface area contributed by atoms with E-state index in [1.807, 2.05) is 0 Å². The molecular formula is H4N2Pt6-2. The summed E-state index contributed by atoms with van der Waals surface area (Å²) in [6.07, 6.45) is 0. The Morgan fingerprint density at radius 3 is 0.250 bits per heavy atom. The van der Waals surface area contributed by atoms with Gasteiger partial charge in [-0.05, 0) is 0 Å². The molecule has 0 aromatic heterocycles.